The van der Waals surface area contributed by atoms with Crippen LogP contribution in [0, 0.1) is 0 Å². The molecule has 1 heterocycles. The molecule has 0 bridgehead atoms. The molecule has 0 aliphatic rings. The quantitative estimate of drug-likeness (QED) is 0.427. The summed E-state index contributed by atoms with van der Waals surface area (Å²) in [5.74, 6) is 1.21. The molecule has 192 valence electrons. The Kier molecular flexibility index (Phi) is 8.74. The number of para-hydroxylation sites is 1. The first kappa shape index (κ1) is 26.8. The van der Waals surface area contributed by atoms with Crippen LogP contribution >= 0.6 is 0 Å². The van der Waals surface area contributed by atoms with E-state index < -0.39 is 0 Å². The Balaban J connectivity index is 1.87. The van der Waals surface area contributed by atoms with Crippen molar-refractivity contribution in [3.8, 4) is 17.2 Å². The fourth-order valence-corrected chi connectivity index (χ4v) is 3.71. The van der Waals surface area contributed by atoms with Crippen molar-refractivity contribution in [2.24, 2.45) is 0 Å². The van der Waals surface area contributed by atoms with Crippen molar-refractivity contribution in [2.75, 3.05) is 32.6 Å². The van der Waals surface area contributed by atoms with E-state index in [2.05, 4.69) is 26.1 Å². The number of nitrogens with zero attached hydrogens (tertiary/aromatic N) is 3. The molecule has 0 saturated heterocycles. The highest BCUT2D eigenvalue weighted by atomic mass is 16.5. The standard InChI is InChI=1S/C28H36N4O4/c1-7-8-17-31(27(34)22-11-9-10-12-23(22)36-6)19-26(33)29-25-18-24(28(2,3)4)30-32(25)20-13-15-21(35-5)16-14-20/h9-16,18H,7-8,17,19H2,1-6H3,(H,29,33). The van der Waals surface area contributed by atoms with Crippen LogP contribution in [0.25, 0.3) is 5.69 Å². The minimum atomic E-state index is -0.301. The van der Waals surface area contributed by atoms with E-state index in [1.807, 2.05) is 43.3 Å². The van der Waals surface area contributed by atoms with Crippen LogP contribution in [-0.2, 0) is 10.2 Å². The van der Waals surface area contributed by atoms with Crippen molar-refractivity contribution in [1.29, 1.82) is 0 Å². The van der Waals surface area contributed by atoms with Crippen LogP contribution in [0.1, 0.15) is 56.6 Å². The summed E-state index contributed by atoms with van der Waals surface area (Å²) < 4.78 is 12.3. The molecule has 0 atom stereocenters. The van der Waals surface area contributed by atoms with Crippen LogP contribution in [0.15, 0.2) is 54.6 Å². The van der Waals surface area contributed by atoms with Gasteiger partial charge in [-0.3, -0.25) is 9.59 Å². The first-order valence-electron chi connectivity index (χ1n) is 12.1. The lowest BCUT2D eigenvalue weighted by Gasteiger charge is -2.23. The average Bonchev–Trinajstić information content (AvgIpc) is 3.30. The minimum absolute atomic E-state index is 0.0878. The molecule has 3 aromatic rings. The topological polar surface area (TPSA) is 85.7 Å². The Hall–Kier alpha value is -3.81. The molecule has 36 heavy (non-hydrogen) atoms. The van der Waals surface area contributed by atoms with E-state index in [9.17, 15) is 9.59 Å². The van der Waals surface area contributed by atoms with Crippen molar-refractivity contribution in [1.82, 2.24) is 14.7 Å². The van der Waals surface area contributed by atoms with Crippen LogP contribution in [0.4, 0.5) is 5.82 Å². The summed E-state index contributed by atoms with van der Waals surface area (Å²) in [7, 11) is 3.14. The Bertz CT molecular complexity index is 1180. The van der Waals surface area contributed by atoms with Crippen molar-refractivity contribution in [2.45, 2.75) is 46.0 Å². The molecule has 1 N–H and O–H groups in total. The van der Waals surface area contributed by atoms with Gasteiger partial charge in [0.2, 0.25) is 5.91 Å². The number of anilines is 1. The van der Waals surface area contributed by atoms with Crippen molar-refractivity contribution < 1.29 is 19.1 Å². The van der Waals surface area contributed by atoms with Gasteiger partial charge in [0.15, 0.2) is 0 Å². The lowest BCUT2D eigenvalue weighted by Crippen LogP contribution is -2.39. The van der Waals surface area contributed by atoms with Gasteiger partial charge in [-0.15, -0.1) is 0 Å². The van der Waals surface area contributed by atoms with Gasteiger partial charge in [-0.05, 0) is 42.8 Å². The molecule has 2 aromatic carbocycles. The second-order valence-corrected chi connectivity index (χ2v) is 9.60. The Morgan fingerprint density at radius 2 is 1.72 bits per heavy atom. The Morgan fingerprint density at radius 3 is 2.33 bits per heavy atom. The lowest BCUT2D eigenvalue weighted by molar-refractivity contribution is -0.117. The normalized spacial score (nSPS) is 11.2. The number of rotatable bonds is 10. The molecular weight excluding hydrogens is 456 g/mol. The number of methoxy groups -OCH3 is 2. The zero-order chi connectivity index (χ0) is 26.3. The van der Waals surface area contributed by atoms with Gasteiger partial charge in [0.05, 0.1) is 31.2 Å². The smallest absolute Gasteiger partial charge is 0.258 e. The highest BCUT2D eigenvalue weighted by Gasteiger charge is 2.24. The molecule has 0 aliphatic heterocycles. The molecule has 0 radical (unpaired) electrons. The summed E-state index contributed by atoms with van der Waals surface area (Å²) >= 11 is 0. The molecule has 0 fully saturated rings. The predicted molar refractivity (Wildman–Crippen MR) is 141 cm³/mol. The third-order valence-corrected chi connectivity index (χ3v) is 5.80. The maximum absolute atomic E-state index is 13.3. The van der Waals surface area contributed by atoms with Crippen molar-refractivity contribution in [3.05, 3.63) is 65.9 Å². The lowest BCUT2D eigenvalue weighted by atomic mass is 9.92. The number of carbonyl (C=O) groups excluding carboxylic acids is 2. The summed E-state index contributed by atoms with van der Waals surface area (Å²) in [5.41, 5.74) is 1.84. The number of hydrogen-bond donors (Lipinski definition) is 1. The summed E-state index contributed by atoms with van der Waals surface area (Å²) in [6, 6.07) is 16.4. The Labute approximate surface area is 213 Å². The highest BCUT2D eigenvalue weighted by Crippen LogP contribution is 2.27. The molecule has 8 nitrogen and oxygen atoms in total. The number of nitrogens with one attached hydrogen (secondary N) is 1. The van der Waals surface area contributed by atoms with E-state index in [0.717, 1.165) is 30.0 Å². The molecule has 2 amide bonds. The summed E-state index contributed by atoms with van der Waals surface area (Å²) in [5, 5.41) is 7.74. The number of hydrogen-bond acceptors (Lipinski definition) is 5. The number of aromatic nitrogens is 2. The minimum Gasteiger partial charge on any atom is -0.497 e. The van der Waals surface area contributed by atoms with E-state index in [0.29, 0.717) is 23.7 Å². The maximum atomic E-state index is 13.3. The number of unbranched alkanes of at least 4 members (excludes halogenated alkanes) is 1. The zero-order valence-corrected chi connectivity index (χ0v) is 22.0. The van der Waals surface area contributed by atoms with Crippen LogP contribution in [0.3, 0.4) is 0 Å². The van der Waals surface area contributed by atoms with Crippen LogP contribution in [0.5, 0.6) is 11.5 Å². The van der Waals surface area contributed by atoms with E-state index in [1.165, 1.54) is 7.11 Å². The van der Waals surface area contributed by atoms with Gasteiger partial charge in [0.1, 0.15) is 23.9 Å². The summed E-state index contributed by atoms with van der Waals surface area (Å²) in [6.07, 6.45) is 1.68. The van der Waals surface area contributed by atoms with E-state index >= 15 is 0 Å². The molecule has 0 unspecified atom stereocenters. The van der Waals surface area contributed by atoms with E-state index in [1.54, 1.807) is 34.9 Å². The SMILES string of the molecule is CCCCN(CC(=O)Nc1cc(C(C)(C)C)nn1-c1ccc(OC)cc1)C(=O)c1ccccc1OC. The molecule has 0 aliphatic carbocycles. The zero-order valence-electron chi connectivity index (χ0n) is 22.0. The van der Waals surface area contributed by atoms with Gasteiger partial charge in [0.25, 0.3) is 5.91 Å². The van der Waals surface area contributed by atoms with E-state index in [4.69, 9.17) is 14.6 Å². The molecule has 1 aromatic heterocycles. The number of amides is 2. The molecular formula is C28H36N4O4. The monoisotopic (exact) mass is 492 g/mol. The second kappa shape index (κ2) is 11.7. The molecule has 0 saturated carbocycles. The number of carbonyl (C=O) groups is 2. The maximum Gasteiger partial charge on any atom is 0.258 e. The summed E-state index contributed by atoms with van der Waals surface area (Å²) in [6.45, 7) is 8.63. The van der Waals surface area contributed by atoms with Crippen LogP contribution in [0.2, 0.25) is 0 Å². The first-order chi connectivity index (χ1) is 17.2. The fraction of sp³-hybridized carbons (Fsp3) is 0.393. The van der Waals surface area contributed by atoms with Gasteiger partial charge < -0.3 is 19.7 Å². The van der Waals surface area contributed by atoms with Crippen LogP contribution < -0.4 is 14.8 Å². The van der Waals surface area contributed by atoms with Crippen molar-refractivity contribution >= 4 is 17.6 Å². The molecule has 3 rings (SSSR count). The van der Waals surface area contributed by atoms with Crippen molar-refractivity contribution in [3.63, 3.8) is 0 Å². The largest absolute Gasteiger partial charge is 0.497 e. The van der Waals surface area contributed by atoms with E-state index in [-0.39, 0.29) is 23.8 Å². The van der Waals surface area contributed by atoms with Gasteiger partial charge in [0, 0.05) is 18.0 Å². The predicted octanol–water partition coefficient (Wildman–Crippen LogP) is 5.07. The van der Waals surface area contributed by atoms with Crippen LogP contribution in [-0.4, -0.2) is 53.8 Å². The highest BCUT2D eigenvalue weighted by molar-refractivity contribution is 6.00. The second-order valence-electron chi connectivity index (χ2n) is 9.60. The Morgan fingerprint density at radius 1 is 1.03 bits per heavy atom. The van der Waals surface area contributed by atoms with Gasteiger partial charge in [-0.25, -0.2) is 4.68 Å². The number of benzene rings is 2. The third-order valence-electron chi connectivity index (χ3n) is 5.80. The summed E-state index contributed by atoms with van der Waals surface area (Å²) in [4.78, 5) is 28.1. The van der Waals surface area contributed by atoms with Gasteiger partial charge >= 0.3 is 0 Å². The molecule has 0 spiro atoms. The van der Waals surface area contributed by atoms with Gasteiger partial charge in [-0.1, -0.05) is 46.2 Å². The fourth-order valence-electron chi connectivity index (χ4n) is 3.71. The molecule has 8 heteroatoms. The average molecular weight is 493 g/mol. The van der Waals surface area contributed by atoms with Gasteiger partial charge in [-0.2, -0.15) is 5.10 Å². The number of ether oxygens (including phenoxy) is 2. The first-order valence-corrected chi connectivity index (χ1v) is 12.1. The third kappa shape index (κ3) is 6.44.